The molecular weight excluding hydrogens is 184 g/mol. The lowest BCUT2D eigenvalue weighted by atomic mass is 10.2. The minimum atomic E-state index is 0.403. The number of aromatic nitrogens is 2. The summed E-state index contributed by atoms with van der Waals surface area (Å²) >= 11 is 1.87. The Hall–Kier alpha value is -0.900. The Morgan fingerprint density at radius 3 is 3.23 bits per heavy atom. The molecule has 0 saturated carbocycles. The van der Waals surface area contributed by atoms with Gasteiger partial charge in [-0.25, -0.2) is 9.97 Å². The van der Waals surface area contributed by atoms with Crippen LogP contribution < -0.4 is 0 Å². The Labute approximate surface area is 81.0 Å². The van der Waals surface area contributed by atoms with Gasteiger partial charge in [0.1, 0.15) is 11.5 Å². The molecule has 1 unspecified atom stereocenters. The molecule has 13 heavy (non-hydrogen) atoms. The van der Waals surface area contributed by atoms with Crippen molar-refractivity contribution in [2.75, 3.05) is 5.75 Å². The number of rotatable bonds is 2. The Balaban J connectivity index is 2.23. The van der Waals surface area contributed by atoms with Gasteiger partial charge < -0.3 is 0 Å². The quantitative estimate of drug-likeness (QED) is 0.674. The van der Waals surface area contributed by atoms with E-state index in [2.05, 4.69) is 9.97 Å². The van der Waals surface area contributed by atoms with E-state index in [1.54, 1.807) is 12.3 Å². The lowest BCUT2D eigenvalue weighted by Crippen LogP contribution is -2.00. The van der Waals surface area contributed by atoms with Crippen molar-refractivity contribution in [2.24, 2.45) is 0 Å². The molecule has 1 saturated heterocycles. The number of carbonyl (C=O) groups excluding carboxylic acids is 1. The van der Waals surface area contributed by atoms with Gasteiger partial charge in [-0.2, -0.15) is 11.8 Å². The largest absolute Gasteiger partial charge is 0.296 e. The molecule has 0 aliphatic carbocycles. The van der Waals surface area contributed by atoms with Crippen molar-refractivity contribution in [1.29, 1.82) is 0 Å². The lowest BCUT2D eigenvalue weighted by molar-refractivity contribution is 0.111. The van der Waals surface area contributed by atoms with Crippen molar-refractivity contribution < 1.29 is 4.79 Å². The zero-order valence-electron chi connectivity index (χ0n) is 7.14. The Morgan fingerprint density at radius 1 is 1.62 bits per heavy atom. The second-order valence-electron chi connectivity index (χ2n) is 2.96. The molecule has 0 spiro atoms. The maximum atomic E-state index is 10.5. The van der Waals surface area contributed by atoms with Gasteiger partial charge >= 0.3 is 0 Å². The van der Waals surface area contributed by atoms with Crippen LogP contribution in [0, 0.1) is 0 Å². The zero-order chi connectivity index (χ0) is 9.10. The average Bonchev–Trinajstić information content (AvgIpc) is 2.71. The second kappa shape index (κ2) is 3.87. The zero-order valence-corrected chi connectivity index (χ0v) is 7.96. The topological polar surface area (TPSA) is 42.9 Å². The van der Waals surface area contributed by atoms with Gasteiger partial charge in [-0.3, -0.25) is 4.79 Å². The highest BCUT2D eigenvalue weighted by atomic mass is 32.2. The maximum absolute atomic E-state index is 10.5. The molecule has 0 radical (unpaired) electrons. The van der Waals surface area contributed by atoms with Crippen molar-refractivity contribution in [3.63, 3.8) is 0 Å². The molecule has 0 bridgehead atoms. The fraction of sp³-hybridized carbons (Fsp3) is 0.444. The van der Waals surface area contributed by atoms with E-state index in [-0.39, 0.29) is 0 Å². The smallest absolute Gasteiger partial charge is 0.168 e. The summed E-state index contributed by atoms with van der Waals surface area (Å²) in [5, 5.41) is 0.403. The van der Waals surface area contributed by atoms with Crippen LogP contribution in [-0.4, -0.2) is 22.0 Å². The predicted octanol–water partition coefficient (Wildman–Crippen LogP) is 1.86. The van der Waals surface area contributed by atoms with Gasteiger partial charge in [-0.05, 0) is 24.7 Å². The van der Waals surface area contributed by atoms with E-state index in [9.17, 15) is 4.79 Å². The SMILES string of the molecule is O=Cc1ccnc(C2CCCS2)n1. The summed E-state index contributed by atoms with van der Waals surface area (Å²) in [5.74, 6) is 1.99. The van der Waals surface area contributed by atoms with E-state index in [4.69, 9.17) is 0 Å². The van der Waals surface area contributed by atoms with Crippen molar-refractivity contribution in [3.05, 3.63) is 23.8 Å². The first kappa shape index (κ1) is 8.69. The molecule has 1 aliphatic heterocycles. The van der Waals surface area contributed by atoms with Crippen LogP contribution in [0.15, 0.2) is 12.3 Å². The third-order valence-corrected chi connectivity index (χ3v) is 3.41. The summed E-state index contributed by atoms with van der Waals surface area (Å²) in [7, 11) is 0. The van der Waals surface area contributed by atoms with Crippen molar-refractivity contribution in [2.45, 2.75) is 18.1 Å². The van der Waals surface area contributed by atoms with Gasteiger partial charge in [0.2, 0.25) is 0 Å². The van der Waals surface area contributed by atoms with E-state index in [0.29, 0.717) is 10.9 Å². The van der Waals surface area contributed by atoms with Gasteiger partial charge in [0.15, 0.2) is 6.29 Å². The van der Waals surface area contributed by atoms with E-state index < -0.39 is 0 Å². The molecule has 4 heteroatoms. The summed E-state index contributed by atoms with van der Waals surface area (Å²) in [6.45, 7) is 0. The minimum Gasteiger partial charge on any atom is -0.296 e. The molecule has 1 aromatic rings. The monoisotopic (exact) mass is 194 g/mol. The van der Waals surface area contributed by atoms with Crippen LogP contribution in [0.25, 0.3) is 0 Å². The Bertz CT molecular complexity index is 310. The second-order valence-corrected chi connectivity index (χ2v) is 4.27. The fourth-order valence-corrected chi connectivity index (χ4v) is 2.60. The number of nitrogens with zero attached hydrogens (tertiary/aromatic N) is 2. The first-order valence-corrected chi connectivity index (χ1v) is 5.35. The van der Waals surface area contributed by atoms with Crippen LogP contribution in [0.4, 0.5) is 0 Å². The van der Waals surface area contributed by atoms with Crippen molar-refractivity contribution in [3.8, 4) is 0 Å². The third-order valence-electron chi connectivity index (χ3n) is 2.03. The summed E-state index contributed by atoms with van der Waals surface area (Å²) in [6, 6.07) is 1.64. The lowest BCUT2D eigenvalue weighted by Gasteiger charge is -2.05. The molecule has 0 N–H and O–H groups in total. The first-order chi connectivity index (χ1) is 6.40. The molecule has 68 valence electrons. The van der Waals surface area contributed by atoms with E-state index >= 15 is 0 Å². The normalized spacial score (nSPS) is 21.7. The van der Waals surface area contributed by atoms with Gasteiger partial charge in [-0.1, -0.05) is 0 Å². The highest BCUT2D eigenvalue weighted by Crippen LogP contribution is 2.37. The van der Waals surface area contributed by atoms with Crippen LogP contribution in [0.1, 0.15) is 34.4 Å². The highest BCUT2D eigenvalue weighted by Gasteiger charge is 2.20. The maximum Gasteiger partial charge on any atom is 0.168 e. The highest BCUT2D eigenvalue weighted by molar-refractivity contribution is 7.99. The van der Waals surface area contributed by atoms with Crippen LogP contribution in [0.5, 0.6) is 0 Å². The summed E-state index contributed by atoms with van der Waals surface area (Å²) in [4.78, 5) is 18.8. The summed E-state index contributed by atoms with van der Waals surface area (Å²) < 4.78 is 0. The molecule has 1 aromatic heterocycles. The van der Waals surface area contributed by atoms with Gasteiger partial charge in [-0.15, -0.1) is 0 Å². The molecule has 1 fully saturated rings. The Morgan fingerprint density at radius 2 is 2.54 bits per heavy atom. The number of hydrogen-bond acceptors (Lipinski definition) is 4. The molecule has 3 nitrogen and oxygen atoms in total. The first-order valence-electron chi connectivity index (χ1n) is 4.30. The minimum absolute atomic E-state index is 0.403. The average molecular weight is 194 g/mol. The van der Waals surface area contributed by atoms with Gasteiger partial charge in [0.05, 0.1) is 5.25 Å². The fourth-order valence-electron chi connectivity index (χ4n) is 1.39. The standard InChI is InChI=1S/C9H10N2OS/c12-6-7-3-4-10-9(11-7)8-2-1-5-13-8/h3-4,6,8H,1-2,5H2. The number of carbonyl (C=O) groups is 1. The molecule has 1 aliphatic rings. The predicted molar refractivity (Wildman–Crippen MR) is 51.9 cm³/mol. The summed E-state index contributed by atoms with van der Waals surface area (Å²) in [5.41, 5.74) is 0.484. The van der Waals surface area contributed by atoms with Crippen LogP contribution >= 0.6 is 11.8 Å². The van der Waals surface area contributed by atoms with Crippen LogP contribution in [0.2, 0.25) is 0 Å². The molecular formula is C9H10N2OS. The van der Waals surface area contributed by atoms with Crippen molar-refractivity contribution in [1.82, 2.24) is 9.97 Å². The van der Waals surface area contributed by atoms with E-state index in [0.717, 1.165) is 18.5 Å². The third kappa shape index (κ3) is 1.88. The van der Waals surface area contributed by atoms with Gasteiger partial charge in [0.25, 0.3) is 0 Å². The molecule has 0 aromatic carbocycles. The van der Waals surface area contributed by atoms with Gasteiger partial charge in [0, 0.05) is 6.20 Å². The molecule has 1 atom stereocenters. The summed E-state index contributed by atoms with van der Waals surface area (Å²) in [6.07, 6.45) is 4.78. The number of aldehydes is 1. The molecule has 0 amide bonds. The van der Waals surface area contributed by atoms with E-state index in [1.807, 2.05) is 11.8 Å². The van der Waals surface area contributed by atoms with Crippen LogP contribution in [-0.2, 0) is 0 Å². The molecule has 2 heterocycles. The Kier molecular flexibility index (Phi) is 2.59. The number of thioether (sulfide) groups is 1. The molecule has 2 rings (SSSR count). The number of hydrogen-bond donors (Lipinski definition) is 0. The van der Waals surface area contributed by atoms with Crippen LogP contribution in [0.3, 0.4) is 0 Å². The van der Waals surface area contributed by atoms with E-state index in [1.165, 1.54) is 12.2 Å². The van der Waals surface area contributed by atoms with Crippen molar-refractivity contribution >= 4 is 18.0 Å².